The van der Waals surface area contributed by atoms with Crippen LogP contribution in [0.1, 0.15) is 27.6 Å². The highest BCUT2D eigenvalue weighted by molar-refractivity contribution is 6.00. The van der Waals surface area contributed by atoms with Crippen molar-refractivity contribution in [2.24, 2.45) is 0 Å². The molecule has 1 aromatic carbocycles. The highest BCUT2D eigenvalue weighted by atomic mass is 16.5. The molecule has 0 fully saturated rings. The molecule has 0 saturated carbocycles. The number of ketones is 1. The number of amides is 2. The predicted octanol–water partition coefficient (Wildman–Crippen LogP) is 0.661. The molecule has 6 heteroatoms. The van der Waals surface area contributed by atoms with E-state index < -0.39 is 11.8 Å². The lowest BCUT2D eigenvalue weighted by Crippen LogP contribution is -2.27. The molecule has 0 heterocycles. The van der Waals surface area contributed by atoms with Gasteiger partial charge in [0, 0.05) is 5.56 Å². The van der Waals surface area contributed by atoms with E-state index in [1.54, 1.807) is 6.92 Å². The number of carbonyl (C=O) groups excluding carboxylic acids is 4. The van der Waals surface area contributed by atoms with Crippen LogP contribution >= 0.6 is 0 Å². The fraction of sp³-hybridized carbons (Fsp3) is 0.231. The number of Topliss-reactive ketones (excluding diaryl/α,β-unsaturated/α-hetero) is 1. The van der Waals surface area contributed by atoms with Crippen LogP contribution < -0.4 is 0 Å². The zero-order valence-electron chi connectivity index (χ0n) is 10.4. The molecule has 2 amide bonds. The number of esters is 1. The van der Waals surface area contributed by atoms with E-state index in [0.717, 1.165) is 0 Å². The van der Waals surface area contributed by atoms with Gasteiger partial charge in [-0.15, -0.1) is 0 Å². The number of ether oxygens (including phenoxy) is 1. The Hall–Kier alpha value is -2.50. The fourth-order valence-corrected chi connectivity index (χ4v) is 1.36. The van der Waals surface area contributed by atoms with Gasteiger partial charge in [0.25, 0.3) is 0 Å². The van der Waals surface area contributed by atoms with Gasteiger partial charge in [-0.2, -0.15) is 0 Å². The van der Waals surface area contributed by atoms with Crippen molar-refractivity contribution < 1.29 is 23.9 Å². The topological polar surface area (TPSA) is 80.8 Å². The van der Waals surface area contributed by atoms with Gasteiger partial charge in [-0.1, -0.05) is 12.1 Å². The molecule has 1 aromatic rings. The quantitative estimate of drug-likeness (QED) is 0.410. The molecule has 6 nitrogen and oxygen atoms in total. The molecular formula is C13H13NO5. The van der Waals surface area contributed by atoms with E-state index in [9.17, 15) is 19.2 Å². The van der Waals surface area contributed by atoms with Crippen molar-refractivity contribution in [2.75, 3.05) is 13.2 Å². The van der Waals surface area contributed by atoms with Crippen LogP contribution in [0.15, 0.2) is 24.3 Å². The van der Waals surface area contributed by atoms with Gasteiger partial charge in [0.15, 0.2) is 5.78 Å². The van der Waals surface area contributed by atoms with Crippen LogP contribution in [0.3, 0.4) is 0 Å². The van der Waals surface area contributed by atoms with E-state index in [2.05, 4.69) is 0 Å². The van der Waals surface area contributed by atoms with Gasteiger partial charge < -0.3 is 4.74 Å². The van der Waals surface area contributed by atoms with Gasteiger partial charge in [-0.25, -0.2) is 4.79 Å². The van der Waals surface area contributed by atoms with Crippen molar-refractivity contribution in [2.45, 2.75) is 6.92 Å². The lowest BCUT2D eigenvalue weighted by molar-refractivity contribution is -0.128. The van der Waals surface area contributed by atoms with Gasteiger partial charge in [-0.3, -0.25) is 19.3 Å². The van der Waals surface area contributed by atoms with Crippen LogP contribution in [0.5, 0.6) is 0 Å². The van der Waals surface area contributed by atoms with Gasteiger partial charge >= 0.3 is 5.97 Å². The third kappa shape index (κ3) is 4.02. The van der Waals surface area contributed by atoms with Crippen molar-refractivity contribution in [3.05, 3.63) is 35.4 Å². The first-order valence-electron chi connectivity index (χ1n) is 5.59. The van der Waals surface area contributed by atoms with Crippen molar-refractivity contribution in [1.29, 1.82) is 0 Å². The Morgan fingerprint density at radius 3 is 2.11 bits per heavy atom. The van der Waals surface area contributed by atoms with Gasteiger partial charge in [0.1, 0.15) is 0 Å². The smallest absolute Gasteiger partial charge is 0.338 e. The maximum atomic E-state index is 11.7. The standard InChI is InChI=1S/C13H13NO5/c1-2-19-13(18)11-5-3-10(4-6-11)12(17)7-14(8-15)9-16/h3-6,8-9H,2,7H2,1H3. The second kappa shape index (κ2) is 7.05. The van der Waals surface area contributed by atoms with E-state index in [0.29, 0.717) is 16.0 Å². The van der Waals surface area contributed by atoms with Crippen LogP contribution in [-0.2, 0) is 14.3 Å². The maximum absolute atomic E-state index is 11.7. The zero-order valence-corrected chi connectivity index (χ0v) is 10.4. The molecule has 0 aliphatic rings. The molecule has 0 spiro atoms. The first-order chi connectivity index (χ1) is 9.12. The molecule has 0 aliphatic heterocycles. The first kappa shape index (κ1) is 14.6. The van der Waals surface area contributed by atoms with Crippen LogP contribution in [0, 0.1) is 0 Å². The predicted molar refractivity (Wildman–Crippen MR) is 65.6 cm³/mol. The molecule has 100 valence electrons. The van der Waals surface area contributed by atoms with Crippen LogP contribution in [0.25, 0.3) is 0 Å². The molecule has 0 saturated heterocycles. The third-order valence-corrected chi connectivity index (χ3v) is 2.31. The average Bonchev–Trinajstić information content (AvgIpc) is 2.45. The molecule has 0 atom stereocenters. The summed E-state index contributed by atoms with van der Waals surface area (Å²) in [4.78, 5) is 44.6. The van der Waals surface area contributed by atoms with Gasteiger partial charge in [0.2, 0.25) is 12.8 Å². The molecule has 19 heavy (non-hydrogen) atoms. The summed E-state index contributed by atoms with van der Waals surface area (Å²) in [5.41, 5.74) is 0.641. The number of carbonyl (C=O) groups is 4. The Morgan fingerprint density at radius 1 is 1.11 bits per heavy atom. The number of hydrogen-bond donors (Lipinski definition) is 0. The van der Waals surface area contributed by atoms with Gasteiger partial charge in [0.05, 0.1) is 18.7 Å². The summed E-state index contributed by atoms with van der Waals surface area (Å²) in [5, 5.41) is 0. The molecule has 0 unspecified atom stereocenters. The largest absolute Gasteiger partial charge is 0.462 e. The molecule has 0 bridgehead atoms. The monoisotopic (exact) mass is 263 g/mol. The summed E-state index contributed by atoms with van der Waals surface area (Å²) in [7, 11) is 0. The molecule has 0 aliphatic carbocycles. The van der Waals surface area contributed by atoms with Crippen molar-refractivity contribution in [3.63, 3.8) is 0 Å². The number of hydrogen-bond acceptors (Lipinski definition) is 5. The van der Waals surface area contributed by atoms with Gasteiger partial charge in [-0.05, 0) is 19.1 Å². The van der Waals surface area contributed by atoms with Crippen LogP contribution in [-0.4, -0.2) is 42.6 Å². The Morgan fingerprint density at radius 2 is 1.63 bits per heavy atom. The number of rotatable bonds is 7. The van der Waals surface area contributed by atoms with E-state index in [4.69, 9.17) is 4.74 Å². The Balaban J connectivity index is 2.75. The van der Waals surface area contributed by atoms with Crippen LogP contribution in [0.4, 0.5) is 0 Å². The summed E-state index contributed by atoms with van der Waals surface area (Å²) in [6.07, 6.45) is 0.551. The normalized spacial score (nSPS) is 9.53. The first-order valence-corrected chi connectivity index (χ1v) is 5.59. The van der Waals surface area contributed by atoms with Crippen LogP contribution in [0.2, 0.25) is 0 Å². The average molecular weight is 263 g/mol. The fourth-order valence-electron chi connectivity index (χ4n) is 1.36. The Labute approximate surface area is 110 Å². The SMILES string of the molecule is CCOC(=O)c1ccc(C(=O)CN(C=O)C=O)cc1. The molecule has 1 rings (SSSR count). The second-order valence-corrected chi connectivity index (χ2v) is 3.60. The third-order valence-electron chi connectivity index (χ3n) is 2.31. The minimum atomic E-state index is -0.469. The summed E-state index contributed by atoms with van der Waals surface area (Å²) >= 11 is 0. The number of imide groups is 1. The summed E-state index contributed by atoms with van der Waals surface area (Å²) in [5.74, 6) is -0.862. The maximum Gasteiger partial charge on any atom is 0.338 e. The molecule has 0 N–H and O–H groups in total. The van der Waals surface area contributed by atoms with Crippen molar-refractivity contribution >= 4 is 24.6 Å². The van der Waals surface area contributed by atoms with Crippen molar-refractivity contribution in [3.8, 4) is 0 Å². The summed E-state index contributed by atoms with van der Waals surface area (Å²) < 4.78 is 4.80. The molecule has 0 radical (unpaired) electrons. The molecule has 0 aromatic heterocycles. The highest BCUT2D eigenvalue weighted by Crippen LogP contribution is 2.07. The summed E-state index contributed by atoms with van der Waals surface area (Å²) in [6.45, 7) is 1.64. The number of benzene rings is 1. The van der Waals surface area contributed by atoms with E-state index in [-0.39, 0.29) is 26.0 Å². The van der Waals surface area contributed by atoms with Crippen molar-refractivity contribution in [1.82, 2.24) is 4.90 Å². The van der Waals surface area contributed by atoms with E-state index >= 15 is 0 Å². The zero-order chi connectivity index (χ0) is 14.3. The second-order valence-electron chi connectivity index (χ2n) is 3.60. The minimum absolute atomic E-state index is 0.271. The molecular weight excluding hydrogens is 250 g/mol. The highest BCUT2D eigenvalue weighted by Gasteiger charge is 2.12. The lowest BCUT2D eigenvalue weighted by atomic mass is 10.1. The number of nitrogens with zero attached hydrogens (tertiary/aromatic N) is 1. The lowest BCUT2D eigenvalue weighted by Gasteiger charge is -2.08. The Bertz CT molecular complexity index is 472. The van der Waals surface area contributed by atoms with E-state index in [1.165, 1.54) is 24.3 Å². The Kier molecular flexibility index (Phi) is 5.40. The van der Waals surface area contributed by atoms with E-state index in [1.807, 2.05) is 0 Å². The summed E-state index contributed by atoms with van der Waals surface area (Å²) in [6, 6.07) is 5.81. The minimum Gasteiger partial charge on any atom is -0.462 e.